The molecule has 2 rings (SSSR count). The van der Waals surface area contributed by atoms with Crippen molar-refractivity contribution in [2.45, 2.75) is 18.9 Å². The number of aliphatic hydroxyl groups is 1. The van der Waals surface area contributed by atoms with Gasteiger partial charge in [-0.1, -0.05) is 29.8 Å². The molecule has 16 heavy (non-hydrogen) atoms. The van der Waals surface area contributed by atoms with Crippen molar-refractivity contribution in [3.63, 3.8) is 0 Å². The number of morpholine rings is 1. The van der Waals surface area contributed by atoms with Gasteiger partial charge < -0.3 is 15.2 Å². The third-order valence-corrected chi connectivity index (χ3v) is 3.07. The van der Waals surface area contributed by atoms with E-state index in [-0.39, 0.29) is 6.61 Å². The van der Waals surface area contributed by atoms with E-state index in [2.05, 4.69) is 36.5 Å². The molecule has 1 aliphatic rings. The monoisotopic (exact) mass is 221 g/mol. The topological polar surface area (TPSA) is 41.5 Å². The number of ether oxygens (including phenoxy) is 1. The first-order valence-corrected chi connectivity index (χ1v) is 5.75. The first-order chi connectivity index (χ1) is 7.74. The lowest BCUT2D eigenvalue weighted by molar-refractivity contribution is -0.0954. The number of hydrogen-bond donors (Lipinski definition) is 2. The largest absolute Gasteiger partial charge is 0.393 e. The summed E-state index contributed by atoms with van der Waals surface area (Å²) >= 11 is 0. The van der Waals surface area contributed by atoms with Gasteiger partial charge in [0.15, 0.2) is 0 Å². The minimum Gasteiger partial charge on any atom is -0.393 e. The van der Waals surface area contributed by atoms with Crippen molar-refractivity contribution >= 4 is 0 Å². The molecule has 2 N–H and O–H groups in total. The molecule has 1 fully saturated rings. The lowest BCUT2D eigenvalue weighted by Crippen LogP contribution is -2.53. The van der Waals surface area contributed by atoms with Gasteiger partial charge in [0, 0.05) is 19.5 Å². The maximum Gasteiger partial charge on any atom is 0.108 e. The van der Waals surface area contributed by atoms with Crippen molar-refractivity contribution in [3.8, 4) is 0 Å². The fraction of sp³-hybridized carbons (Fsp3) is 0.538. The molecule has 1 aromatic rings. The van der Waals surface area contributed by atoms with Gasteiger partial charge >= 0.3 is 0 Å². The molecule has 0 aromatic heterocycles. The number of hydrogen-bond acceptors (Lipinski definition) is 3. The fourth-order valence-corrected chi connectivity index (χ4v) is 2.06. The molecule has 1 aromatic carbocycles. The van der Waals surface area contributed by atoms with Gasteiger partial charge in [0.2, 0.25) is 0 Å². The van der Waals surface area contributed by atoms with Crippen molar-refractivity contribution in [1.29, 1.82) is 0 Å². The van der Waals surface area contributed by atoms with Crippen LogP contribution in [0.3, 0.4) is 0 Å². The summed E-state index contributed by atoms with van der Waals surface area (Å²) in [6.07, 6.45) is 0.761. The average Bonchev–Trinajstić information content (AvgIpc) is 2.33. The molecular weight excluding hydrogens is 202 g/mol. The zero-order valence-corrected chi connectivity index (χ0v) is 9.70. The van der Waals surface area contributed by atoms with Crippen LogP contribution in [0.4, 0.5) is 0 Å². The number of aryl methyl sites for hydroxylation is 1. The third-order valence-electron chi connectivity index (χ3n) is 3.07. The van der Waals surface area contributed by atoms with E-state index in [1.54, 1.807) is 0 Å². The quantitative estimate of drug-likeness (QED) is 0.796. The molecule has 3 heteroatoms. The summed E-state index contributed by atoms with van der Waals surface area (Å²) in [5.74, 6) is 0. The second-order valence-electron chi connectivity index (χ2n) is 4.53. The highest BCUT2D eigenvalue weighted by molar-refractivity contribution is 5.23. The molecule has 1 aliphatic heterocycles. The van der Waals surface area contributed by atoms with Gasteiger partial charge in [-0.3, -0.25) is 0 Å². The molecule has 0 aliphatic carbocycles. The first kappa shape index (κ1) is 11.6. The maximum absolute atomic E-state index is 9.49. The van der Waals surface area contributed by atoms with Crippen LogP contribution in [0.5, 0.6) is 0 Å². The molecule has 0 unspecified atom stereocenters. The van der Waals surface area contributed by atoms with Gasteiger partial charge in [-0.2, -0.15) is 0 Å². The van der Waals surface area contributed by atoms with Crippen molar-refractivity contribution in [2.24, 2.45) is 0 Å². The normalized spacial score (nSPS) is 25.6. The van der Waals surface area contributed by atoms with E-state index < -0.39 is 5.60 Å². The molecule has 0 radical (unpaired) electrons. The minimum absolute atomic E-state index is 0.0634. The summed E-state index contributed by atoms with van der Waals surface area (Å²) < 4.78 is 5.74. The van der Waals surface area contributed by atoms with E-state index in [1.165, 1.54) is 11.1 Å². The number of aliphatic hydroxyl groups excluding tert-OH is 1. The Balaban J connectivity index is 2.08. The Hall–Kier alpha value is -0.900. The van der Waals surface area contributed by atoms with Crippen LogP contribution >= 0.6 is 0 Å². The predicted octanol–water partition coefficient (Wildman–Crippen LogP) is 0.888. The molecule has 3 nitrogen and oxygen atoms in total. The first-order valence-electron chi connectivity index (χ1n) is 5.75. The Bertz CT molecular complexity index is 328. The van der Waals surface area contributed by atoms with Gasteiger partial charge in [-0.15, -0.1) is 0 Å². The Kier molecular flexibility index (Phi) is 3.59. The zero-order chi connectivity index (χ0) is 11.4. The van der Waals surface area contributed by atoms with Crippen LogP contribution in [0.2, 0.25) is 0 Å². The summed E-state index contributed by atoms with van der Waals surface area (Å²) in [4.78, 5) is 0. The van der Waals surface area contributed by atoms with Gasteiger partial charge in [0.1, 0.15) is 5.60 Å². The van der Waals surface area contributed by atoms with Crippen LogP contribution in [0.15, 0.2) is 24.3 Å². The highest BCUT2D eigenvalue weighted by Gasteiger charge is 2.32. The fourth-order valence-electron chi connectivity index (χ4n) is 2.06. The second-order valence-corrected chi connectivity index (χ2v) is 4.53. The van der Waals surface area contributed by atoms with Crippen LogP contribution < -0.4 is 5.32 Å². The van der Waals surface area contributed by atoms with E-state index in [4.69, 9.17) is 4.74 Å². The van der Waals surface area contributed by atoms with E-state index >= 15 is 0 Å². The van der Waals surface area contributed by atoms with Crippen molar-refractivity contribution in [1.82, 2.24) is 5.32 Å². The van der Waals surface area contributed by atoms with Gasteiger partial charge in [0.25, 0.3) is 0 Å². The number of rotatable bonds is 3. The SMILES string of the molecule is Cc1ccc(C[C@]2(CO)CNCCO2)cc1. The van der Waals surface area contributed by atoms with Crippen LogP contribution in [0, 0.1) is 6.92 Å². The summed E-state index contributed by atoms with van der Waals surface area (Å²) in [6.45, 7) is 4.40. The molecule has 0 bridgehead atoms. The smallest absolute Gasteiger partial charge is 0.108 e. The van der Waals surface area contributed by atoms with Gasteiger partial charge in [-0.05, 0) is 12.5 Å². The summed E-state index contributed by atoms with van der Waals surface area (Å²) in [7, 11) is 0. The molecule has 1 saturated heterocycles. The number of nitrogens with one attached hydrogen (secondary N) is 1. The Labute approximate surface area is 96.4 Å². The molecular formula is C13H19NO2. The van der Waals surface area contributed by atoms with Crippen molar-refractivity contribution < 1.29 is 9.84 Å². The summed E-state index contributed by atoms with van der Waals surface area (Å²) in [5, 5.41) is 12.8. The summed E-state index contributed by atoms with van der Waals surface area (Å²) in [5.41, 5.74) is 2.03. The van der Waals surface area contributed by atoms with Crippen LogP contribution in [-0.4, -0.2) is 37.0 Å². The highest BCUT2D eigenvalue weighted by Crippen LogP contribution is 2.19. The highest BCUT2D eigenvalue weighted by atomic mass is 16.5. The average molecular weight is 221 g/mol. The Morgan fingerprint density at radius 2 is 2.12 bits per heavy atom. The molecule has 0 amide bonds. The lowest BCUT2D eigenvalue weighted by Gasteiger charge is -2.36. The molecule has 1 atom stereocenters. The summed E-state index contributed by atoms with van der Waals surface area (Å²) in [6, 6.07) is 8.39. The molecule has 1 heterocycles. The van der Waals surface area contributed by atoms with Crippen LogP contribution in [0.1, 0.15) is 11.1 Å². The zero-order valence-electron chi connectivity index (χ0n) is 9.70. The third kappa shape index (κ3) is 2.61. The van der Waals surface area contributed by atoms with E-state index in [0.717, 1.165) is 19.5 Å². The predicted molar refractivity (Wildman–Crippen MR) is 63.5 cm³/mol. The van der Waals surface area contributed by atoms with Crippen LogP contribution in [0.25, 0.3) is 0 Å². The van der Waals surface area contributed by atoms with Crippen LogP contribution in [-0.2, 0) is 11.2 Å². The minimum atomic E-state index is -0.437. The Morgan fingerprint density at radius 3 is 2.69 bits per heavy atom. The molecule has 0 spiro atoms. The van der Waals surface area contributed by atoms with Crippen molar-refractivity contribution in [3.05, 3.63) is 35.4 Å². The lowest BCUT2D eigenvalue weighted by atomic mass is 9.93. The molecule has 0 saturated carbocycles. The van der Waals surface area contributed by atoms with E-state index in [0.29, 0.717) is 6.61 Å². The Morgan fingerprint density at radius 1 is 1.38 bits per heavy atom. The second kappa shape index (κ2) is 4.95. The van der Waals surface area contributed by atoms with Gasteiger partial charge in [0.05, 0.1) is 13.2 Å². The van der Waals surface area contributed by atoms with E-state index in [1.807, 2.05) is 0 Å². The maximum atomic E-state index is 9.49. The number of benzene rings is 1. The van der Waals surface area contributed by atoms with Gasteiger partial charge in [-0.25, -0.2) is 0 Å². The standard InChI is InChI=1S/C13H19NO2/c1-11-2-4-12(5-3-11)8-13(10-15)9-14-6-7-16-13/h2-5,14-15H,6-10H2,1H3/t13-/m1/s1. The van der Waals surface area contributed by atoms with Crippen molar-refractivity contribution in [2.75, 3.05) is 26.3 Å². The van der Waals surface area contributed by atoms with E-state index in [9.17, 15) is 5.11 Å². The molecule has 88 valence electrons.